The van der Waals surface area contributed by atoms with Crippen LogP contribution in [0, 0.1) is 0 Å². The van der Waals surface area contributed by atoms with Crippen LogP contribution in [0.3, 0.4) is 0 Å². The van der Waals surface area contributed by atoms with Gasteiger partial charge >= 0.3 is 0 Å². The van der Waals surface area contributed by atoms with E-state index in [1.807, 2.05) is 11.3 Å². The second kappa shape index (κ2) is 8.97. The van der Waals surface area contributed by atoms with E-state index in [-0.39, 0.29) is 0 Å². The predicted molar refractivity (Wildman–Crippen MR) is 184 cm³/mol. The van der Waals surface area contributed by atoms with Crippen LogP contribution >= 0.6 is 23.1 Å². The number of para-hydroxylation sites is 2. The van der Waals surface area contributed by atoms with Crippen LogP contribution in [0.15, 0.2) is 144 Å². The van der Waals surface area contributed by atoms with Gasteiger partial charge in [-0.05, 0) is 64.2 Å². The minimum Gasteiger partial charge on any atom is -0.309 e. The Morgan fingerprint density at radius 2 is 1.26 bits per heavy atom. The van der Waals surface area contributed by atoms with Crippen molar-refractivity contribution in [3.8, 4) is 27.9 Å². The second-order valence-corrected chi connectivity index (χ2v) is 13.9. The second-order valence-electron chi connectivity index (χ2n) is 11.6. The maximum Gasteiger partial charge on any atom is 0.0554 e. The highest BCUT2D eigenvalue weighted by molar-refractivity contribution is 8.00. The van der Waals surface area contributed by atoms with Crippen molar-refractivity contribution in [3.05, 3.63) is 156 Å². The summed E-state index contributed by atoms with van der Waals surface area (Å²) in [5, 5.41) is 4.39. The number of thioether (sulfide) groups is 1. The fourth-order valence-corrected chi connectivity index (χ4v) is 10.5. The quantitative estimate of drug-likeness (QED) is 0.196. The fourth-order valence-electron chi connectivity index (χ4n) is 7.52. The lowest BCUT2D eigenvalue weighted by Crippen LogP contribution is -2.11. The molecule has 0 N–H and O–H groups in total. The molecule has 0 saturated heterocycles. The van der Waals surface area contributed by atoms with Crippen molar-refractivity contribution in [2.24, 2.45) is 0 Å². The van der Waals surface area contributed by atoms with Crippen molar-refractivity contribution in [3.63, 3.8) is 0 Å². The Hall–Kier alpha value is -4.57. The zero-order valence-electron chi connectivity index (χ0n) is 23.2. The molecule has 0 amide bonds. The molecule has 10 rings (SSSR count). The van der Waals surface area contributed by atoms with Gasteiger partial charge in [-0.3, -0.25) is 0 Å². The molecule has 0 saturated carbocycles. The molecule has 202 valence electrons. The summed E-state index contributed by atoms with van der Waals surface area (Å²) in [6, 6.07) is 51.7. The van der Waals surface area contributed by atoms with Crippen LogP contribution in [0.5, 0.6) is 0 Å². The first-order valence-corrected chi connectivity index (χ1v) is 16.5. The van der Waals surface area contributed by atoms with Gasteiger partial charge in [0.15, 0.2) is 0 Å². The molecule has 6 aromatic carbocycles. The topological polar surface area (TPSA) is 4.93 Å². The van der Waals surface area contributed by atoms with E-state index in [1.54, 1.807) is 0 Å². The summed E-state index contributed by atoms with van der Waals surface area (Å²) in [4.78, 5) is 2.94. The summed E-state index contributed by atoms with van der Waals surface area (Å²) in [6.07, 6.45) is 0. The van der Waals surface area contributed by atoms with Crippen LogP contribution in [-0.4, -0.2) is 4.57 Å². The third kappa shape index (κ3) is 3.35. The number of fused-ring (bicyclic) bond motifs is 13. The summed E-state index contributed by atoms with van der Waals surface area (Å²) in [7, 11) is 0. The minimum atomic E-state index is 0.383. The average Bonchev–Trinajstić information content (AvgIpc) is 3.74. The lowest BCUT2D eigenvalue weighted by Gasteiger charge is -2.28. The van der Waals surface area contributed by atoms with Crippen LogP contribution in [0.4, 0.5) is 0 Å². The third-order valence-electron chi connectivity index (χ3n) is 9.37. The first-order valence-electron chi connectivity index (χ1n) is 14.8. The molecule has 3 heteroatoms. The normalized spacial score (nSPS) is 16.7. The van der Waals surface area contributed by atoms with Gasteiger partial charge in [-0.25, -0.2) is 0 Å². The van der Waals surface area contributed by atoms with E-state index < -0.39 is 0 Å². The number of benzene rings is 6. The van der Waals surface area contributed by atoms with Crippen LogP contribution in [0.25, 0.3) is 59.8 Å². The predicted octanol–water partition coefficient (Wildman–Crippen LogP) is 11.6. The lowest BCUT2D eigenvalue weighted by molar-refractivity contribution is 0.799. The zero-order valence-corrected chi connectivity index (χ0v) is 24.8. The smallest absolute Gasteiger partial charge is 0.0554 e. The van der Waals surface area contributed by atoms with Gasteiger partial charge < -0.3 is 4.57 Å². The fraction of sp³-hybridized carbons (Fsp3) is 0.0500. The largest absolute Gasteiger partial charge is 0.309 e. The summed E-state index contributed by atoms with van der Waals surface area (Å²) in [6.45, 7) is 0. The van der Waals surface area contributed by atoms with Crippen molar-refractivity contribution in [1.29, 1.82) is 0 Å². The van der Waals surface area contributed by atoms with E-state index in [4.69, 9.17) is 0 Å². The Morgan fingerprint density at radius 1 is 0.535 bits per heavy atom. The Bertz CT molecular complexity index is 2390. The number of hydrogen-bond donors (Lipinski definition) is 0. The summed E-state index contributed by atoms with van der Waals surface area (Å²) < 4.78 is 3.80. The number of hydrogen-bond acceptors (Lipinski definition) is 2. The highest BCUT2D eigenvalue weighted by Gasteiger charge is 2.43. The van der Waals surface area contributed by atoms with Crippen molar-refractivity contribution in [2.75, 3.05) is 0 Å². The van der Waals surface area contributed by atoms with Crippen molar-refractivity contribution in [2.45, 2.75) is 16.1 Å². The molecule has 2 aliphatic rings. The van der Waals surface area contributed by atoms with Crippen LogP contribution in [0.2, 0.25) is 0 Å². The molecule has 0 fully saturated rings. The number of rotatable bonds is 2. The molecule has 2 aromatic heterocycles. The Balaban J connectivity index is 1.14. The first-order chi connectivity index (χ1) is 21.3. The number of aromatic nitrogens is 1. The van der Waals surface area contributed by atoms with Gasteiger partial charge in [-0.1, -0.05) is 103 Å². The van der Waals surface area contributed by atoms with Crippen LogP contribution in [-0.2, 0) is 0 Å². The van der Waals surface area contributed by atoms with Gasteiger partial charge in [0, 0.05) is 47.8 Å². The molecule has 1 aliphatic heterocycles. The molecule has 8 aromatic rings. The summed E-state index contributed by atoms with van der Waals surface area (Å²) >= 11 is 4.05. The molecule has 3 heterocycles. The maximum absolute atomic E-state index is 2.45. The molecule has 2 atom stereocenters. The van der Waals surface area contributed by atoms with Gasteiger partial charge in [0.1, 0.15) is 0 Å². The van der Waals surface area contributed by atoms with Gasteiger partial charge in [-0.15, -0.1) is 23.1 Å². The summed E-state index contributed by atoms with van der Waals surface area (Å²) in [5.74, 6) is 0.383. The van der Waals surface area contributed by atoms with E-state index in [1.165, 1.54) is 80.7 Å². The minimum absolute atomic E-state index is 0.383. The highest BCUT2D eigenvalue weighted by atomic mass is 32.2. The first kappa shape index (κ1) is 23.9. The Kier molecular flexibility index (Phi) is 4.99. The Morgan fingerprint density at radius 3 is 2.19 bits per heavy atom. The maximum atomic E-state index is 2.45. The van der Waals surface area contributed by atoms with Gasteiger partial charge in [-0.2, -0.15) is 0 Å². The molecule has 1 aliphatic carbocycles. The van der Waals surface area contributed by atoms with Crippen LogP contribution < -0.4 is 0 Å². The highest BCUT2D eigenvalue weighted by Crippen LogP contribution is 2.65. The van der Waals surface area contributed by atoms with Gasteiger partial charge in [0.25, 0.3) is 0 Å². The summed E-state index contributed by atoms with van der Waals surface area (Å²) in [5.41, 5.74) is 12.0. The SMILES string of the molecule is c1ccc(-n2c3ccccc3c3ccc(-c4ccc5c(c4)SC4c6sc7ccccc7c6-c6ccccc6C54)cc32)cc1. The van der Waals surface area contributed by atoms with Crippen molar-refractivity contribution >= 4 is 55.0 Å². The molecular formula is C40H25NS2. The average molecular weight is 584 g/mol. The van der Waals surface area contributed by atoms with Crippen molar-refractivity contribution < 1.29 is 0 Å². The molecule has 0 radical (unpaired) electrons. The zero-order chi connectivity index (χ0) is 28.1. The number of nitrogens with zero attached hydrogens (tertiary/aromatic N) is 1. The molecule has 43 heavy (non-hydrogen) atoms. The van der Waals surface area contributed by atoms with Crippen LogP contribution in [0.1, 0.15) is 27.2 Å². The van der Waals surface area contributed by atoms with E-state index in [9.17, 15) is 0 Å². The Labute approximate surface area is 258 Å². The van der Waals surface area contributed by atoms with Gasteiger partial charge in [0.05, 0.1) is 16.3 Å². The molecule has 0 spiro atoms. The van der Waals surface area contributed by atoms with Crippen molar-refractivity contribution in [1.82, 2.24) is 4.57 Å². The molecule has 2 unspecified atom stereocenters. The van der Waals surface area contributed by atoms with E-state index in [0.717, 1.165) is 0 Å². The monoisotopic (exact) mass is 583 g/mol. The van der Waals surface area contributed by atoms with E-state index in [0.29, 0.717) is 11.2 Å². The lowest BCUT2D eigenvalue weighted by atomic mass is 9.78. The van der Waals surface area contributed by atoms with E-state index in [2.05, 4.69) is 156 Å². The standard InChI is InChI=1S/C40H25NS2/c1-2-10-26(11-3-1)41-33-16-8-6-12-27(33)28-20-18-24(22-34(28)41)25-19-21-32-36(23-25)43-40-38(32)30-14-5-4-13-29(30)37-31-15-7-9-17-35(31)42-39(37)40/h1-23,38,40H. The van der Waals surface area contributed by atoms with Gasteiger partial charge in [0.2, 0.25) is 0 Å². The molecule has 1 nitrogen and oxygen atoms in total. The molecule has 0 bridgehead atoms. The third-order valence-corrected chi connectivity index (χ3v) is 12.1. The number of thiophene rings is 1. The molecular weight excluding hydrogens is 559 g/mol. The van der Waals surface area contributed by atoms with E-state index >= 15 is 0 Å².